The van der Waals surface area contributed by atoms with Crippen LogP contribution in [0.25, 0.3) is 4.85 Å². The van der Waals surface area contributed by atoms with E-state index in [0.29, 0.717) is 5.69 Å². The van der Waals surface area contributed by atoms with Crippen LogP contribution in [0, 0.1) is 6.57 Å². The summed E-state index contributed by atoms with van der Waals surface area (Å²) in [6.45, 7) is 10.9. The smallest absolute Gasteiger partial charge is 0.187 e. The van der Waals surface area contributed by atoms with Crippen molar-refractivity contribution in [2.45, 2.75) is 26.1 Å². The Morgan fingerprint density at radius 2 is 2.04 bits per heavy atom. The largest absolute Gasteiger partial charge is 0.329 e. The summed E-state index contributed by atoms with van der Waals surface area (Å²) in [5.41, 5.74) is 4.60. The first-order valence-electron chi connectivity index (χ1n) is 8.05. The molecule has 0 unspecified atom stereocenters. The van der Waals surface area contributed by atoms with Gasteiger partial charge in [0.2, 0.25) is 0 Å². The van der Waals surface area contributed by atoms with E-state index in [-0.39, 0.29) is 0 Å². The Morgan fingerprint density at radius 1 is 1.17 bits per heavy atom. The summed E-state index contributed by atoms with van der Waals surface area (Å²) < 4.78 is 2.20. The maximum Gasteiger partial charge on any atom is 0.187 e. The summed E-state index contributed by atoms with van der Waals surface area (Å²) in [5, 5.41) is 2.20. The lowest BCUT2D eigenvalue weighted by Crippen LogP contribution is -2.30. The van der Waals surface area contributed by atoms with Crippen molar-refractivity contribution in [1.82, 2.24) is 14.5 Å². The van der Waals surface area contributed by atoms with Gasteiger partial charge in [-0.25, -0.2) is 9.83 Å². The fraction of sp³-hybridized carbons (Fsp3) is 0.263. The van der Waals surface area contributed by atoms with Gasteiger partial charge in [0.25, 0.3) is 0 Å². The van der Waals surface area contributed by atoms with E-state index >= 15 is 0 Å². The molecule has 24 heavy (non-hydrogen) atoms. The number of aromatic nitrogens is 2. The van der Waals surface area contributed by atoms with Crippen molar-refractivity contribution < 1.29 is 0 Å². The number of imidazole rings is 1. The maximum atomic E-state index is 7.03. The maximum absolute atomic E-state index is 7.03. The second kappa shape index (κ2) is 6.60. The van der Waals surface area contributed by atoms with Gasteiger partial charge in [0.15, 0.2) is 5.69 Å². The standard InChI is InChI=1S/C19H18N4S/c1-20-17-4-2-15(3-5-17)11-23-14-21-10-18(23)13-22-8-6-19-16(12-22)7-9-24-19/h2-5,7,9-10,14H,6,8,11-13H2. The fourth-order valence-corrected chi connectivity index (χ4v) is 4.06. The Labute approximate surface area is 145 Å². The van der Waals surface area contributed by atoms with Crippen LogP contribution < -0.4 is 0 Å². The van der Waals surface area contributed by atoms with Gasteiger partial charge in [-0.15, -0.1) is 11.3 Å². The first kappa shape index (κ1) is 15.1. The summed E-state index contributed by atoms with van der Waals surface area (Å²) in [6, 6.07) is 10.1. The van der Waals surface area contributed by atoms with E-state index < -0.39 is 0 Å². The number of fused-ring (bicyclic) bond motifs is 1. The quantitative estimate of drug-likeness (QED) is 0.671. The van der Waals surface area contributed by atoms with E-state index in [1.807, 2.05) is 48.1 Å². The van der Waals surface area contributed by atoms with Gasteiger partial charge < -0.3 is 4.57 Å². The lowest BCUT2D eigenvalue weighted by molar-refractivity contribution is 0.241. The number of benzene rings is 1. The summed E-state index contributed by atoms with van der Waals surface area (Å²) in [6.07, 6.45) is 5.02. The van der Waals surface area contributed by atoms with Gasteiger partial charge in [-0.2, -0.15) is 0 Å². The van der Waals surface area contributed by atoms with Crippen LogP contribution in [0.5, 0.6) is 0 Å². The van der Waals surface area contributed by atoms with Gasteiger partial charge in [0.1, 0.15) is 0 Å². The molecular formula is C19H18N4S. The predicted molar refractivity (Wildman–Crippen MR) is 96.2 cm³/mol. The topological polar surface area (TPSA) is 25.4 Å². The van der Waals surface area contributed by atoms with Crippen LogP contribution >= 0.6 is 11.3 Å². The Kier molecular flexibility index (Phi) is 4.16. The molecule has 4 nitrogen and oxygen atoms in total. The highest BCUT2D eigenvalue weighted by Gasteiger charge is 2.18. The molecule has 4 rings (SSSR count). The molecule has 2 aromatic heterocycles. The Hall–Kier alpha value is -2.42. The minimum absolute atomic E-state index is 0.685. The summed E-state index contributed by atoms with van der Waals surface area (Å²) in [7, 11) is 0. The van der Waals surface area contributed by atoms with Gasteiger partial charge in [0, 0.05) is 37.3 Å². The molecule has 1 aliphatic rings. The van der Waals surface area contributed by atoms with Crippen molar-refractivity contribution in [2.75, 3.05) is 6.54 Å². The van der Waals surface area contributed by atoms with Crippen LogP contribution in [0.1, 0.15) is 21.7 Å². The van der Waals surface area contributed by atoms with Gasteiger partial charge >= 0.3 is 0 Å². The fourth-order valence-electron chi connectivity index (χ4n) is 3.17. The molecule has 0 bridgehead atoms. The molecule has 0 spiro atoms. The highest BCUT2D eigenvalue weighted by atomic mass is 32.1. The normalized spacial score (nSPS) is 14.3. The predicted octanol–water partition coefficient (Wildman–Crippen LogP) is 4.10. The molecule has 3 heterocycles. The van der Waals surface area contributed by atoms with E-state index in [4.69, 9.17) is 6.57 Å². The molecule has 120 valence electrons. The zero-order valence-electron chi connectivity index (χ0n) is 13.4. The van der Waals surface area contributed by atoms with E-state index in [0.717, 1.165) is 32.6 Å². The van der Waals surface area contributed by atoms with Crippen molar-refractivity contribution in [3.63, 3.8) is 0 Å². The molecule has 0 atom stereocenters. The minimum Gasteiger partial charge on any atom is -0.329 e. The molecule has 3 aromatic rings. The molecule has 0 N–H and O–H groups in total. The van der Waals surface area contributed by atoms with Gasteiger partial charge in [0.05, 0.1) is 18.6 Å². The Balaban J connectivity index is 1.46. The lowest BCUT2D eigenvalue weighted by atomic mass is 10.1. The number of thiophene rings is 1. The van der Waals surface area contributed by atoms with Crippen LogP contribution in [0.3, 0.4) is 0 Å². The first-order chi connectivity index (χ1) is 11.8. The Morgan fingerprint density at radius 3 is 2.88 bits per heavy atom. The third-order valence-corrected chi connectivity index (χ3v) is 5.51. The molecule has 0 aliphatic carbocycles. The van der Waals surface area contributed by atoms with E-state index in [1.165, 1.54) is 16.8 Å². The van der Waals surface area contributed by atoms with Gasteiger partial charge in [-0.1, -0.05) is 24.3 Å². The zero-order chi connectivity index (χ0) is 16.4. The lowest BCUT2D eigenvalue weighted by Gasteiger charge is -2.27. The molecule has 0 amide bonds. The minimum atomic E-state index is 0.685. The first-order valence-corrected chi connectivity index (χ1v) is 8.93. The van der Waals surface area contributed by atoms with Crippen LogP contribution in [-0.2, 0) is 26.1 Å². The molecule has 1 aliphatic heterocycles. The van der Waals surface area contributed by atoms with Crippen LogP contribution in [0.4, 0.5) is 5.69 Å². The molecular weight excluding hydrogens is 316 g/mol. The van der Waals surface area contributed by atoms with Crippen molar-refractivity contribution in [2.24, 2.45) is 0 Å². The van der Waals surface area contributed by atoms with Crippen molar-refractivity contribution in [3.05, 3.63) is 81.4 Å². The number of nitrogens with zero attached hydrogens (tertiary/aromatic N) is 4. The van der Waals surface area contributed by atoms with E-state index in [1.54, 1.807) is 4.88 Å². The molecule has 0 fully saturated rings. The van der Waals surface area contributed by atoms with Crippen LogP contribution in [0.15, 0.2) is 48.2 Å². The average Bonchev–Trinajstić information content (AvgIpc) is 3.25. The second-order valence-electron chi connectivity index (χ2n) is 6.12. The molecule has 0 saturated heterocycles. The van der Waals surface area contributed by atoms with Crippen molar-refractivity contribution >= 4 is 17.0 Å². The van der Waals surface area contributed by atoms with Gasteiger partial charge in [-0.3, -0.25) is 4.90 Å². The van der Waals surface area contributed by atoms with E-state index in [2.05, 4.69) is 30.7 Å². The Bertz CT molecular complexity index is 869. The third kappa shape index (κ3) is 3.12. The molecule has 0 radical (unpaired) electrons. The average molecular weight is 334 g/mol. The number of hydrogen-bond acceptors (Lipinski definition) is 3. The van der Waals surface area contributed by atoms with Crippen LogP contribution in [0.2, 0.25) is 0 Å². The highest BCUT2D eigenvalue weighted by Crippen LogP contribution is 2.25. The molecule has 0 saturated carbocycles. The van der Waals surface area contributed by atoms with E-state index in [9.17, 15) is 0 Å². The zero-order valence-corrected chi connectivity index (χ0v) is 14.2. The van der Waals surface area contributed by atoms with Gasteiger partial charge in [-0.05, 0) is 29.0 Å². The molecule has 1 aromatic carbocycles. The highest BCUT2D eigenvalue weighted by molar-refractivity contribution is 7.10. The number of hydrogen-bond donors (Lipinski definition) is 0. The summed E-state index contributed by atoms with van der Waals surface area (Å²) in [4.78, 5) is 11.8. The molecule has 5 heteroatoms. The van der Waals surface area contributed by atoms with Crippen molar-refractivity contribution in [3.8, 4) is 0 Å². The number of rotatable bonds is 4. The second-order valence-corrected chi connectivity index (χ2v) is 7.12. The van der Waals surface area contributed by atoms with Crippen molar-refractivity contribution in [1.29, 1.82) is 0 Å². The summed E-state index contributed by atoms with van der Waals surface area (Å²) in [5.74, 6) is 0. The van der Waals surface area contributed by atoms with Crippen LogP contribution in [-0.4, -0.2) is 21.0 Å². The monoisotopic (exact) mass is 334 g/mol. The SMILES string of the molecule is [C-]#[N+]c1ccc(Cn2cncc2CN2CCc3sccc3C2)cc1. The third-order valence-electron chi connectivity index (χ3n) is 4.49. The summed E-state index contributed by atoms with van der Waals surface area (Å²) >= 11 is 1.88.